The maximum atomic E-state index is 13.1. The molecule has 0 amide bonds. The van der Waals surface area contributed by atoms with E-state index in [1.54, 1.807) is 16.8 Å². The number of aryl methyl sites for hydroxylation is 1. The second kappa shape index (κ2) is 8.42. The van der Waals surface area contributed by atoms with Crippen molar-refractivity contribution >= 4 is 18.4 Å². The van der Waals surface area contributed by atoms with Gasteiger partial charge in [0.05, 0.1) is 12.3 Å². The first-order valence-electron chi connectivity index (χ1n) is 9.74. The third-order valence-corrected chi connectivity index (χ3v) is 5.59. The Bertz CT molecular complexity index is 1070. The number of ether oxygens (including phenoxy) is 1. The fraction of sp³-hybridized carbons (Fsp3) is 0.381. The van der Waals surface area contributed by atoms with E-state index in [4.69, 9.17) is 17.0 Å². The summed E-state index contributed by atoms with van der Waals surface area (Å²) >= 11 is 5.33. The highest BCUT2D eigenvalue weighted by Crippen LogP contribution is 2.19. The summed E-state index contributed by atoms with van der Waals surface area (Å²) in [4.78, 5) is 0. The summed E-state index contributed by atoms with van der Waals surface area (Å²) in [5.74, 6) is 0.412. The second-order valence-corrected chi connectivity index (χ2v) is 7.76. The Kier molecular flexibility index (Phi) is 5.73. The Hall–Kier alpha value is -2.58. The molecule has 6 nitrogen and oxygen atoms in total. The molecule has 1 aliphatic rings. The van der Waals surface area contributed by atoms with Crippen LogP contribution in [0.5, 0.6) is 0 Å². The van der Waals surface area contributed by atoms with Crippen molar-refractivity contribution in [3.05, 3.63) is 69.3 Å². The number of H-pyrrole nitrogens is 1. The Morgan fingerprint density at radius 1 is 1.34 bits per heavy atom. The van der Waals surface area contributed by atoms with Crippen LogP contribution in [0.25, 0.3) is 0 Å². The smallest absolute Gasteiger partial charge is 0.216 e. The van der Waals surface area contributed by atoms with Crippen LogP contribution in [0.15, 0.2) is 35.4 Å². The first kappa shape index (κ1) is 19.7. The molecule has 2 aromatic heterocycles. The van der Waals surface area contributed by atoms with Gasteiger partial charge in [-0.1, -0.05) is 12.1 Å². The molecule has 1 fully saturated rings. The van der Waals surface area contributed by atoms with Crippen LogP contribution >= 0.6 is 12.2 Å². The largest absolute Gasteiger partial charge is 0.376 e. The lowest BCUT2D eigenvalue weighted by Gasteiger charge is -2.14. The molecule has 3 aromatic rings. The van der Waals surface area contributed by atoms with Gasteiger partial charge in [-0.25, -0.2) is 4.39 Å². The van der Waals surface area contributed by atoms with Crippen molar-refractivity contribution in [2.45, 2.75) is 45.8 Å². The first-order valence-corrected chi connectivity index (χ1v) is 10.2. The Labute approximate surface area is 174 Å². The highest BCUT2D eigenvalue weighted by atomic mass is 32.1. The Morgan fingerprint density at radius 2 is 2.14 bits per heavy atom. The van der Waals surface area contributed by atoms with Gasteiger partial charge in [-0.05, 0) is 62.7 Å². The van der Waals surface area contributed by atoms with Crippen molar-refractivity contribution in [3.63, 3.8) is 0 Å². The maximum Gasteiger partial charge on any atom is 0.216 e. The Balaban J connectivity index is 1.56. The van der Waals surface area contributed by atoms with Crippen molar-refractivity contribution in [1.82, 2.24) is 19.4 Å². The van der Waals surface area contributed by atoms with Gasteiger partial charge in [0.25, 0.3) is 0 Å². The lowest BCUT2D eigenvalue weighted by molar-refractivity contribution is 0.0962. The highest BCUT2D eigenvalue weighted by molar-refractivity contribution is 7.71. The van der Waals surface area contributed by atoms with Crippen LogP contribution in [0.4, 0.5) is 4.39 Å². The molecule has 1 saturated heterocycles. The molecule has 0 spiro atoms. The van der Waals surface area contributed by atoms with E-state index in [0.717, 1.165) is 42.8 Å². The molecule has 0 aliphatic carbocycles. The highest BCUT2D eigenvalue weighted by Gasteiger charge is 2.18. The number of aromatic nitrogens is 4. The van der Waals surface area contributed by atoms with Gasteiger partial charge in [0.15, 0.2) is 5.82 Å². The zero-order valence-electron chi connectivity index (χ0n) is 16.6. The molecule has 8 heteroatoms. The molecule has 0 bridgehead atoms. The van der Waals surface area contributed by atoms with E-state index >= 15 is 0 Å². The van der Waals surface area contributed by atoms with Gasteiger partial charge in [0.1, 0.15) is 5.82 Å². The number of nitrogens with one attached hydrogen (secondary N) is 1. The van der Waals surface area contributed by atoms with Gasteiger partial charge < -0.3 is 9.30 Å². The van der Waals surface area contributed by atoms with Gasteiger partial charge in [-0.3, -0.25) is 5.10 Å². The monoisotopic (exact) mass is 413 g/mol. The summed E-state index contributed by atoms with van der Waals surface area (Å²) in [7, 11) is 0. The molecule has 1 atom stereocenters. The summed E-state index contributed by atoms with van der Waals surface area (Å²) in [5.41, 5.74) is 4.31. The van der Waals surface area contributed by atoms with Gasteiger partial charge in [0, 0.05) is 36.5 Å². The molecule has 3 heterocycles. The number of rotatable bonds is 6. The predicted molar refractivity (Wildman–Crippen MR) is 112 cm³/mol. The summed E-state index contributed by atoms with van der Waals surface area (Å²) in [5, 5.41) is 11.6. The molecule has 0 radical (unpaired) electrons. The normalized spacial score (nSPS) is 16.9. The topological polar surface area (TPSA) is 60.1 Å². The van der Waals surface area contributed by atoms with Crippen molar-refractivity contribution in [1.29, 1.82) is 0 Å². The minimum absolute atomic E-state index is 0.260. The van der Waals surface area contributed by atoms with Gasteiger partial charge in [-0.15, -0.1) is 0 Å². The van der Waals surface area contributed by atoms with E-state index in [0.29, 0.717) is 17.0 Å². The van der Waals surface area contributed by atoms with Crippen molar-refractivity contribution in [2.75, 3.05) is 6.61 Å². The quantitative estimate of drug-likeness (QED) is 0.488. The third-order valence-electron chi connectivity index (χ3n) is 5.33. The van der Waals surface area contributed by atoms with Crippen LogP contribution in [-0.2, 0) is 17.7 Å². The van der Waals surface area contributed by atoms with E-state index in [1.807, 2.05) is 6.21 Å². The predicted octanol–water partition coefficient (Wildman–Crippen LogP) is 4.15. The minimum Gasteiger partial charge on any atom is -0.376 e. The molecule has 29 heavy (non-hydrogen) atoms. The molecular weight excluding hydrogens is 389 g/mol. The lowest BCUT2D eigenvalue weighted by atomic mass is 10.1. The van der Waals surface area contributed by atoms with Crippen LogP contribution in [-0.4, -0.2) is 38.4 Å². The molecule has 152 valence electrons. The van der Waals surface area contributed by atoms with Crippen molar-refractivity contribution < 1.29 is 9.13 Å². The van der Waals surface area contributed by atoms with E-state index in [2.05, 4.69) is 39.8 Å². The summed E-state index contributed by atoms with van der Waals surface area (Å²) < 4.78 is 23.2. The summed E-state index contributed by atoms with van der Waals surface area (Å²) in [6.07, 6.45) is 4.84. The zero-order valence-corrected chi connectivity index (χ0v) is 17.4. The third kappa shape index (κ3) is 4.38. The van der Waals surface area contributed by atoms with Crippen LogP contribution in [0.3, 0.4) is 0 Å². The molecule has 4 rings (SSSR count). The minimum atomic E-state index is -0.260. The van der Waals surface area contributed by atoms with Gasteiger partial charge in [0.2, 0.25) is 4.77 Å². The van der Waals surface area contributed by atoms with Crippen LogP contribution < -0.4 is 0 Å². The van der Waals surface area contributed by atoms with Crippen molar-refractivity contribution in [3.8, 4) is 0 Å². The second-order valence-electron chi connectivity index (χ2n) is 7.38. The van der Waals surface area contributed by atoms with E-state index in [-0.39, 0.29) is 11.9 Å². The summed E-state index contributed by atoms with van der Waals surface area (Å²) in [6.45, 7) is 5.92. The summed E-state index contributed by atoms with van der Waals surface area (Å²) in [6, 6.07) is 8.47. The standard InChI is InChI=1S/C21H24FN5OS/c1-14-10-17(15(2)26(14)13-19-4-3-9-28-19)12-23-27-20(24-25-21(27)29)11-16-5-7-18(22)8-6-16/h5-8,10,12,19H,3-4,9,11,13H2,1-2H3,(H,25,29)/b23-12-/t19-/m0/s1. The molecule has 1 aliphatic heterocycles. The number of aromatic amines is 1. The fourth-order valence-electron chi connectivity index (χ4n) is 3.69. The fourth-order valence-corrected chi connectivity index (χ4v) is 3.89. The van der Waals surface area contributed by atoms with Crippen molar-refractivity contribution in [2.24, 2.45) is 5.10 Å². The van der Waals surface area contributed by atoms with Gasteiger partial charge in [-0.2, -0.15) is 14.9 Å². The van der Waals surface area contributed by atoms with Crippen LogP contribution in [0.2, 0.25) is 0 Å². The molecule has 1 aromatic carbocycles. The van der Waals surface area contributed by atoms with E-state index < -0.39 is 0 Å². The molecule has 1 N–H and O–H groups in total. The average Bonchev–Trinajstić information content (AvgIpc) is 3.40. The first-order chi connectivity index (χ1) is 14.0. The number of nitrogens with zero attached hydrogens (tertiary/aromatic N) is 4. The number of benzene rings is 1. The SMILES string of the molecule is Cc1cc(/C=N\n2c(Cc3ccc(F)cc3)n[nH]c2=S)c(C)n1C[C@@H]1CCCO1. The molecule has 0 unspecified atom stereocenters. The number of hydrogen-bond donors (Lipinski definition) is 1. The van der Waals surface area contributed by atoms with E-state index in [1.165, 1.54) is 17.8 Å². The number of hydrogen-bond acceptors (Lipinski definition) is 4. The van der Waals surface area contributed by atoms with Gasteiger partial charge >= 0.3 is 0 Å². The zero-order chi connectivity index (χ0) is 20.4. The van der Waals surface area contributed by atoms with Crippen LogP contribution in [0.1, 0.15) is 41.2 Å². The molecular formula is C21H24FN5OS. The number of halogens is 1. The maximum absolute atomic E-state index is 13.1. The van der Waals surface area contributed by atoms with E-state index in [9.17, 15) is 4.39 Å². The van der Waals surface area contributed by atoms with Crippen LogP contribution in [0, 0.1) is 24.4 Å². The average molecular weight is 414 g/mol. The Morgan fingerprint density at radius 3 is 2.86 bits per heavy atom. The lowest BCUT2D eigenvalue weighted by Crippen LogP contribution is -2.16. The molecule has 0 saturated carbocycles.